The quantitative estimate of drug-likeness (QED) is 0.0328. The van der Waals surface area contributed by atoms with Gasteiger partial charge < -0.3 is 0 Å². The first-order valence-corrected chi connectivity index (χ1v) is 45.3. The number of thiophene rings is 2. The topological polar surface area (TPSA) is 30.7 Å². The molecule has 0 amide bonds. The average molecular weight is 1180 g/mol. The van der Waals surface area contributed by atoms with Crippen LogP contribution in [0.15, 0.2) is 24.3 Å². The van der Waals surface area contributed by atoms with Gasteiger partial charge in [-0.3, -0.25) is 0 Å². The van der Waals surface area contributed by atoms with E-state index < -0.39 is 48.4 Å². The molecule has 0 aliphatic heterocycles. The van der Waals surface area contributed by atoms with Crippen LogP contribution < -0.4 is 5.79 Å². The molecular formula is C58H99F2N3S2Sn2. The summed E-state index contributed by atoms with van der Waals surface area (Å²) in [5.74, 6) is -1.00. The van der Waals surface area contributed by atoms with Crippen LogP contribution in [0.1, 0.15) is 235 Å². The summed E-state index contributed by atoms with van der Waals surface area (Å²) < 4.78 is 46.2. The zero-order chi connectivity index (χ0) is 48.3. The summed E-state index contributed by atoms with van der Waals surface area (Å²) >= 11 is -2.07. The Morgan fingerprint density at radius 2 is 0.716 bits per heavy atom. The normalized spacial score (nSPS) is 12.9. The molecular weight excluding hydrogens is 1080 g/mol. The second kappa shape index (κ2) is 33.3. The number of benzene rings is 1. The van der Waals surface area contributed by atoms with Crippen LogP contribution in [0.25, 0.3) is 31.9 Å². The van der Waals surface area contributed by atoms with Gasteiger partial charge in [0.15, 0.2) is 0 Å². The molecule has 0 radical (unpaired) electrons. The SMILES string of the molecule is CCCCCCCCCCC(CCCCCCCC)Cn1nc2c(-c3cc[c]([Sn]([CH2]CCC)([CH2]CCC)[CH2]CCC)s3)c(F)c(F)c(-c3cc[c]([Sn]([CH2]CCC)([CH2]CCC)[CH2]CCC)s3)c2n1. The van der Waals surface area contributed by atoms with E-state index in [1.807, 2.05) is 4.80 Å². The van der Waals surface area contributed by atoms with E-state index in [9.17, 15) is 0 Å². The monoisotopic (exact) mass is 1180 g/mol. The molecule has 0 saturated carbocycles. The average Bonchev–Trinajstić information content (AvgIpc) is 4.13. The van der Waals surface area contributed by atoms with E-state index in [0.29, 0.717) is 34.6 Å². The third-order valence-electron chi connectivity index (χ3n) is 15.4. The Balaban J connectivity index is 1.86. The van der Waals surface area contributed by atoms with E-state index in [1.165, 1.54) is 194 Å². The van der Waals surface area contributed by atoms with Crippen molar-refractivity contribution in [3.63, 3.8) is 0 Å². The van der Waals surface area contributed by atoms with E-state index in [1.54, 1.807) is 28.5 Å². The molecule has 0 aliphatic rings. The Labute approximate surface area is 427 Å². The van der Waals surface area contributed by atoms with Gasteiger partial charge in [0.2, 0.25) is 0 Å². The Morgan fingerprint density at radius 3 is 1.03 bits per heavy atom. The summed E-state index contributed by atoms with van der Waals surface area (Å²) in [6.07, 6.45) is 35.5. The van der Waals surface area contributed by atoms with Crippen molar-refractivity contribution in [2.45, 2.75) is 268 Å². The van der Waals surface area contributed by atoms with Gasteiger partial charge in [-0.05, 0) is 0 Å². The van der Waals surface area contributed by atoms with E-state index in [2.05, 4.69) is 79.7 Å². The van der Waals surface area contributed by atoms with Crippen molar-refractivity contribution in [2.75, 3.05) is 0 Å². The first-order chi connectivity index (χ1) is 32.7. The van der Waals surface area contributed by atoms with Crippen molar-refractivity contribution in [1.82, 2.24) is 15.0 Å². The van der Waals surface area contributed by atoms with Crippen molar-refractivity contribution in [3.05, 3.63) is 35.9 Å². The second-order valence-electron chi connectivity index (χ2n) is 21.0. The van der Waals surface area contributed by atoms with Gasteiger partial charge in [-0.2, -0.15) is 0 Å². The van der Waals surface area contributed by atoms with Crippen molar-refractivity contribution in [2.24, 2.45) is 5.92 Å². The Bertz CT molecular complexity index is 1760. The fraction of sp³-hybridized carbons (Fsp3) is 0.759. The van der Waals surface area contributed by atoms with Gasteiger partial charge in [0, 0.05) is 0 Å². The number of fused-ring (bicyclic) bond motifs is 1. The summed E-state index contributed by atoms with van der Waals surface area (Å²) in [6.45, 7) is 19.2. The molecule has 3 heterocycles. The van der Waals surface area contributed by atoms with E-state index in [-0.39, 0.29) is 0 Å². The van der Waals surface area contributed by atoms with Gasteiger partial charge in [0.25, 0.3) is 0 Å². The van der Waals surface area contributed by atoms with Gasteiger partial charge in [0.1, 0.15) is 0 Å². The fourth-order valence-corrected chi connectivity index (χ4v) is 51.4. The number of rotatable bonds is 40. The molecule has 0 saturated heterocycles. The Morgan fingerprint density at radius 1 is 0.418 bits per heavy atom. The summed E-state index contributed by atoms with van der Waals surface area (Å²) in [6, 6.07) is 9.02. The van der Waals surface area contributed by atoms with Gasteiger partial charge in [-0.1, -0.05) is 78.1 Å². The molecule has 0 bridgehead atoms. The minimum absolute atomic E-state index is 0.357. The first kappa shape index (κ1) is 59.0. The molecule has 9 heteroatoms. The van der Waals surface area contributed by atoms with Crippen LogP contribution in [-0.4, -0.2) is 51.7 Å². The van der Waals surface area contributed by atoms with Gasteiger partial charge in [0.05, 0.1) is 0 Å². The van der Waals surface area contributed by atoms with Gasteiger partial charge in [-0.25, -0.2) is 0 Å². The van der Waals surface area contributed by atoms with Crippen LogP contribution in [0.2, 0.25) is 26.6 Å². The van der Waals surface area contributed by atoms with Crippen molar-refractivity contribution in [3.8, 4) is 20.9 Å². The third kappa shape index (κ3) is 17.9. The maximum absolute atomic E-state index is 17.5. The Hall–Kier alpha value is -0.523. The van der Waals surface area contributed by atoms with E-state index in [4.69, 9.17) is 10.2 Å². The molecule has 1 unspecified atom stereocenters. The molecule has 67 heavy (non-hydrogen) atoms. The summed E-state index contributed by atoms with van der Waals surface area (Å²) in [7, 11) is 0. The molecule has 0 spiro atoms. The predicted molar refractivity (Wildman–Crippen MR) is 302 cm³/mol. The van der Waals surface area contributed by atoms with Crippen LogP contribution in [0, 0.1) is 17.6 Å². The zero-order valence-corrected chi connectivity index (χ0v) is 51.9. The van der Waals surface area contributed by atoms with Crippen LogP contribution in [0.5, 0.6) is 0 Å². The number of unbranched alkanes of at least 4 members (excludes halogenated alkanes) is 18. The third-order valence-corrected chi connectivity index (χ3v) is 54.2. The summed E-state index contributed by atoms with van der Waals surface area (Å²) in [5, 5.41) is 10.6. The molecule has 0 aliphatic carbocycles. The molecule has 0 fully saturated rings. The Kier molecular flexibility index (Phi) is 29.3. The maximum atomic E-state index is 17.5. The molecule has 3 nitrogen and oxygen atoms in total. The molecule has 3 aromatic heterocycles. The first-order valence-electron chi connectivity index (χ1n) is 28.7. The predicted octanol–water partition coefficient (Wildman–Crippen LogP) is 20.2. The van der Waals surface area contributed by atoms with E-state index in [0.717, 1.165) is 22.6 Å². The van der Waals surface area contributed by atoms with Crippen molar-refractivity contribution >= 4 is 76.2 Å². The van der Waals surface area contributed by atoms with Crippen LogP contribution in [0.4, 0.5) is 8.78 Å². The zero-order valence-electron chi connectivity index (χ0n) is 44.5. The van der Waals surface area contributed by atoms with E-state index >= 15 is 8.78 Å². The number of halogens is 2. The number of nitrogens with zero attached hydrogens (tertiary/aromatic N) is 3. The number of aromatic nitrogens is 3. The van der Waals surface area contributed by atoms with Crippen molar-refractivity contribution in [1.29, 1.82) is 0 Å². The fourth-order valence-electron chi connectivity index (χ4n) is 11.1. The molecule has 0 N–H and O–H groups in total. The van der Waals surface area contributed by atoms with Gasteiger partial charge >= 0.3 is 353 Å². The molecule has 4 rings (SSSR count). The van der Waals surface area contributed by atoms with Crippen molar-refractivity contribution < 1.29 is 8.78 Å². The number of hydrogen-bond donors (Lipinski definition) is 0. The van der Waals surface area contributed by atoms with Gasteiger partial charge in [-0.15, -0.1) is 0 Å². The number of hydrogen-bond acceptors (Lipinski definition) is 4. The molecule has 1 aromatic carbocycles. The summed E-state index contributed by atoms with van der Waals surface area (Å²) in [4.78, 5) is 3.60. The second-order valence-corrected chi connectivity index (χ2v) is 51.5. The van der Waals surface area contributed by atoms with Crippen LogP contribution >= 0.6 is 22.7 Å². The molecule has 1 atom stereocenters. The molecule has 4 aromatic rings. The minimum atomic E-state index is -2.83. The molecule has 380 valence electrons. The summed E-state index contributed by atoms with van der Waals surface area (Å²) in [5.41, 5.74) is 1.85. The van der Waals surface area contributed by atoms with Crippen LogP contribution in [-0.2, 0) is 6.54 Å². The van der Waals surface area contributed by atoms with Crippen LogP contribution in [0.3, 0.4) is 0 Å². The standard InChI is InChI=1S/C34H45F2N3S2.6C4H9.2Sn/c1-3-5-7-9-11-12-14-16-20-26(19-15-13-10-8-6-4-2)25-39-37-33-29(27-21-17-23-40-27)31(35)32(36)30(34(33)38-39)28-22-18-24-41-28;6*1-3-4-2;;/h17-18,21-22,26H,3-16,19-20,25H2,1-2H3;6*1,3-4H2,2H3;;.